The molecular weight excluding hydrogens is 851 g/mol. The number of fused-ring (bicyclic) bond motifs is 1. The lowest BCUT2D eigenvalue weighted by atomic mass is 9.90. The van der Waals surface area contributed by atoms with Crippen LogP contribution in [0.5, 0.6) is 5.75 Å². The number of nitrogens with one attached hydrogen (secondary N) is 3. The smallest absolute Gasteiger partial charge is 0.317 e. The number of ether oxygens (including phenoxy) is 1. The Balaban J connectivity index is 0.860. The van der Waals surface area contributed by atoms with Gasteiger partial charge in [-0.1, -0.05) is 96.5 Å². The van der Waals surface area contributed by atoms with Crippen LogP contribution in [0.2, 0.25) is 5.02 Å². The molecule has 1 saturated heterocycles. The van der Waals surface area contributed by atoms with E-state index in [-0.39, 0.29) is 53.0 Å². The number of phenolic OH excluding ortho intramolecular Hbond substituents is 1. The number of aromatic nitrogens is 1. The highest BCUT2D eigenvalue weighted by Crippen LogP contribution is 2.34. The molecule has 2 atom stereocenters. The van der Waals surface area contributed by atoms with Gasteiger partial charge in [-0.05, 0) is 108 Å². The number of benzene rings is 5. The Kier molecular flexibility index (Phi) is 14.3. The van der Waals surface area contributed by atoms with E-state index in [1.165, 1.54) is 47.2 Å². The number of pyridine rings is 1. The predicted octanol–water partition coefficient (Wildman–Crippen LogP) is 9.10. The fraction of sp³-hybridized carbons (Fsp3) is 0.235. The van der Waals surface area contributed by atoms with Gasteiger partial charge in [-0.3, -0.25) is 19.3 Å². The molecule has 1 amide bonds. The van der Waals surface area contributed by atoms with Gasteiger partial charge in [0, 0.05) is 40.8 Å². The number of esters is 1. The summed E-state index contributed by atoms with van der Waals surface area (Å²) in [7, 11) is 0. The van der Waals surface area contributed by atoms with E-state index < -0.39 is 23.7 Å². The minimum atomic E-state index is -1.01. The first-order valence-electron chi connectivity index (χ1n) is 21.3. The maximum absolute atomic E-state index is 15.4. The quantitative estimate of drug-likeness (QED) is 0.0605. The van der Waals surface area contributed by atoms with E-state index in [2.05, 4.69) is 44.8 Å². The monoisotopic (exact) mass is 898 g/mol. The maximum atomic E-state index is 15.4. The minimum absolute atomic E-state index is 0.0530. The number of carbonyl (C=O) groups is 2. The molecule has 1 aliphatic heterocycles. The summed E-state index contributed by atoms with van der Waals surface area (Å²) in [4.78, 5) is 45.7. The third kappa shape index (κ3) is 10.8. The largest absolute Gasteiger partial charge is 0.506 e. The lowest BCUT2D eigenvalue weighted by Gasteiger charge is -2.32. The Morgan fingerprint density at radius 2 is 1.61 bits per heavy atom. The van der Waals surface area contributed by atoms with Crippen molar-refractivity contribution in [1.82, 2.24) is 20.5 Å². The second-order valence-electron chi connectivity index (χ2n) is 16.1. The Bertz CT molecular complexity index is 2770. The zero-order chi connectivity index (χ0) is 44.6. The summed E-state index contributed by atoms with van der Waals surface area (Å²) in [6.07, 6.45) is 0.938. The zero-order valence-electron chi connectivity index (χ0n) is 34.9. The van der Waals surface area contributed by atoms with Crippen molar-refractivity contribution in [2.45, 2.75) is 44.5 Å². The molecule has 1 aliphatic rings. The zero-order valence-corrected chi connectivity index (χ0v) is 36.5. The van der Waals surface area contributed by atoms with Gasteiger partial charge in [-0.25, -0.2) is 4.39 Å². The number of aliphatic hydroxyl groups is 1. The summed E-state index contributed by atoms with van der Waals surface area (Å²) in [5.41, 5.74) is 4.42. The third-order valence-electron chi connectivity index (χ3n) is 11.6. The van der Waals surface area contributed by atoms with Crippen LogP contribution in [0.4, 0.5) is 4.39 Å². The summed E-state index contributed by atoms with van der Waals surface area (Å²) in [6.45, 7) is 3.60. The molecule has 0 spiro atoms. The molecule has 328 valence electrons. The summed E-state index contributed by atoms with van der Waals surface area (Å²) >= 11 is 7.94. The highest BCUT2D eigenvalue weighted by Gasteiger charge is 2.28. The number of phenols is 1. The highest BCUT2D eigenvalue weighted by atomic mass is 35.5. The van der Waals surface area contributed by atoms with Crippen molar-refractivity contribution in [3.05, 3.63) is 193 Å². The van der Waals surface area contributed by atoms with E-state index in [1.807, 2.05) is 72.8 Å². The average molecular weight is 899 g/mol. The van der Waals surface area contributed by atoms with E-state index in [4.69, 9.17) is 16.3 Å². The van der Waals surface area contributed by atoms with E-state index in [1.54, 1.807) is 6.07 Å². The molecule has 5 N–H and O–H groups in total. The number of nitrogens with zero attached hydrogens (tertiary/aromatic N) is 1. The number of amides is 1. The topological polar surface area (TPSA) is 144 Å². The van der Waals surface area contributed by atoms with Gasteiger partial charge in [0.2, 0.25) is 5.56 Å². The molecule has 1 fully saturated rings. The number of hydrogen-bond acceptors (Lipinski definition) is 9. The number of aromatic amines is 1. The molecule has 64 heavy (non-hydrogen) atoms. The van der Waals surface area contributed by atoms with Crippen molar-refractivity contribution in [1.29, 1.82) is 0 Å². The number of aromatic hydroxyl groups is 1. The molecule has 0 saturated carbocycles. The number of aliphatic hydroxyl groups excluding tert-OH is 1. The second-order valence-corrected chi connectivity index (χ2v) is 17.7. The minimum Gasteiger partial charge on any atom is -0.506 e. The number of halogens is 2. The van der Waals surface area contributed by atoms with Crippen LogP contribution < -0.4 is 16.2 Å². The second kappa shape index (κ2) is 20.6. The number of piperidine rings is 1. The fourth-order valence-electron chi connectivity index (χ4n) is 8.26. The highest BCUT2D eigenvalue weighted by molar-refractivity contribution is 7.15. The van der Waals surface area contributed by atoms with Gasteiger partial charge < -0.3 is 30.6 Å². The molecule has 7 aromatic rings. The van der Waals surface area contributed by atoms with Crippen molar-refractivity contribution in [3.8, 4) is 16.2 Å². The summed E-state index contributed by atoms with van der Waals surface area (Å²) in [6, 6.07) is 40.5. The van der Waals surface area contributed by atoms with Gasteiger partial charge in [0.1, 0.15) is 17.5 Å². The molecular formula is C51H48ClFN4O6S. The SMILES string of the molecule is O=C(NCc1ccc(-c2cccc(C(C(=O)OCC3CCN(Cc4ccccc4)CC3)c3ccccc3)c2)s1)c1c(F)cc(CNC[C@H](O)c2ccc(O)c3[nH]c(=O)ccc23)cc1Cl. The number of thiophene rings is 1. The molecule has 0 aliphatic carbocycles. The van der Waals surface area contributed by atoms with Crippen LogP contribution in [0.1, 0.15) is 67.9 Å². The number of rotatable bonds is 16. The predicted molar refractivity (Wildman–Crippen MR) is 249 cm³/mol. The number of H-pyrrole nitrogens is 1. The first kappa shape index (κ1) is 44.5. The maximum Gasteiger partial charge on any atom is 0.317 e. The van der Waals surface area contributed by atoms with Crippen molar-refractivity contribution in [2.24, 2.45) is 5.92 Å². The molecule has 3 heterocycles. The number of hydrogen-bond donors (Lipinski definition) is 5. The summed E-state index contributed by atoms with van der Waals surface area (Å²) in [5, 5.41) is 27.3. The van der Waals surface area contributed by atoms with Crippen LogP contribution in [0.3, 0.4) is 0 Å². The van der Waals surface area contributed by atoms with Crippen LogP contribution in [0.25, 0.3) is 21.3 Å². The standard InChI is InChI=1S/C51H48ClFN4O6S/c52-41-24-34(27-54-29-44(59)39-15-17-43(58)49-40(39)16-19-46(60)56-49)25-42(53)48(41)50(61)55-28-38-14-18-45(64-38)36-12-7-13-37(26-36)47(35-10-5-2-6-11-35)51(62)63-31-33-20-22-57(23-21-33)30-32-8-3-1-4-9-32/h1-19,24-26,33,44,47,54,58-59H,20-23,27-31H2,(H,55,61)(H,56,60)/t44-,47?/m0/s1. The van der Waals surface area contributed by atoms with Crippen LogP contribution >= 0.6 is 22.9 Å². The van der Waals surface area contributed by atoms with E-state index in [0.29, 0.717) is 29.0 Å². The van der Waals surface area contributed by atoms with E-state index >= 15 is 4.39 Å². The molecule has 8 rings (SSSR count). The Labute approximate surface area is 379 Å². The van der Waals surface area contributed by atoms with Crippen LogP contribution in [-0.2, 0) is 29.2 Å². The molecule has 0 bridgehead atoms. The third-order valence-corrected chi connectivity index (χ3v) is 13.1. The molecule has 2 aromatic heterocycles. The number of carbonyl (C=O) groups excluding carboxylic acids is 2. The molecule has 10 nitrogen and oxygen atoms in total. The Morgan fingerprint density at radius 3 is 2.38 bits per heavy atom. The Morgan fingerprint density at radius 1 is 0.859 bits per heavy atom. The molecule has 5 aromatic carbocycles. The normalized spacial score (nSPS) is 14.3. The summed E-state index contributed by atoms with van der Waals surface area (Å²) in [5.74, 6) is -2.13. The van der Waals surface area contributed by atoms with Crippen LogP contribution in [0, 0.1) is 11.7 Å². The lowest BCUT2D eigenvalue weighted by molar-refractivity contribution is -0.146. The van der Waals surface area contributed by atoms with Gasteiger partial charge in [0.05, 0.1) is 35.4 Å². The Hall–Kier alpha value is -6.15. The van der Waals surface area contributed by atoms with Crippen molar-refractivity contribution >= 4 is 45.7 Å². The van der Waals surface area contributed by atoms with Crippen molar-refractivity contribution < 1.29 is 28.9 Å². The average Bonchev–Trinajstić information content (AvgIpc) is 3.78. The first-order chi connectivity index (χ1) is 31.1. The fourth-order valence-corrected chi connectivity index (χ4v) is 9.52. The van der Waals surface area contributed by atoms with Gasteiger partial charge >= 0.3 is 5.97 Å². The first-order valence-corrected chi connectivity index (χ1v) is 22.5. The van der Waals surface area contributed by atoms with Crippen molar-refractivity contribution in [2.75, 3.05) is 26.2 Å². The molecule has 0 radical (unpaired) electrons. The molecule has 13 heteroatoms. The van der Waals surface area contributed by atoms with Gasteiger partial charge in [0.25, 0.3) is 5.91 Å². The van der Waals surface area contributed by atoms with E-state index in [0.717, 1.165) is 58.9 Å². The van der Waals surface area contributed by atoms with Gasteiger partial charge in [-0.15, -0.1) is 11.3 Å². The van der Waals surface area contributed by atoms with Crippen molar-refractivity contribution in [3.63, 3.8) is 0 Å². The number of likely N-dealkylation sites (tertiary alicyclic amines) is 1. The van der Waals surface area contributed by atoms with E-state index in [9.17, 15) is 24.6 Å². The lowest BCUT2D eigenvalue weighted by Crippen LogP contribution is -2.35. The van der Waals surface area contributed by atoms with Crippen LogP contribution in [-0.4, -0.2) is 58.2 Å². The van der Waals surface area contributed by atoms with Gasteiger partial charge in [0.15, 0.2) is 0 Å². The van der Waals surface area contributed by atoms with Gasteiger partial charge in [-0.2, -0.15) is 0 Å². The molecule has 1 unspecified atom stereocenters. The van der Waals surface area contributed by atoms with Crippen LogP contribution in [0.15, 0.2) is 138 Å². The summed E-state index contributed by atoms with van der Waals surface area (Å²) < 4.78 is 21.5.